The molecule has 0 aromatic heterocycles. The molecular formula is C19H18BrFO3. The van der Waals surface area contributed by atoms with Gasteiger partial charge in [0, 0.05) is 22.9 Å². The van der Waals surface area contributed by atoms with Crippen LogP contribution in [-0.2, 0) is 9.78 Å². The predicted octanol–water partition coefficient (Wildman–Crippen LogP) is 5.36. The number of hydrogen-bond donors (Lipinski definition) is 0. The first kappa shape index (κ1) is 17.3. The number of hydrogen-bond acceptors (Lipinski definition) is 3. The van der Waals surface area contributed by atoms with Crippen LogP contribution < -0.4 is 0 Å². The number of carbonyl (C=O) groups is 1. The molecule has 1 heterocycles. The summed E-state index contributed by atoms with van der Waals surface area (Å²) in [6, 6.07) is 11.8. The second-order valence-corrected chi connectivity index (χ2v) is 6.87. The van der Waals surface area contributed by atoms with Crippen molar-refractivity contribution in [2.75, 3.05) is 6.61 Å². The fraction of sp³-hybridized carbons (Fsp3) is 0.316. The second-order valence-electron chi connectivity index (χ2n) is 6.01. The lowest BCUT2D eigenvalue weighted by Crippen LogP contribution is -2.07. The van der Waals surface area contributed by atoms with E-state index in [4.69, 9.17) is 9.78 Å². The zero-order chi connectivity index (χ0) is 17.1. The van der Waals surface area contributed by atoms with Crippen molar-refractivity contribution in [3.8, 4) is 0 Å². The van der Waals surface area contributed by atoms with Crippen molar-refractivity contribution in [3.05, 3.63) is 69.4 Å². The van der Waals surface area contributed by atoms with Crippen molar-refractivity contribution in [3.63, 3.8) is 0 Å². The molecule has 1 fully saturated rings. The highest BCUT2D eigenvalue weighted by Gasteiger charge is 2.23. The molecule has 1 aliphatic heterocycles. The summed E-state index contributed by atoms with van der Waals surface area (Å²) in [4.78, 5) is 22.8. The summed E-state index contributed by atoms with van der Waals surface area (Å²) >= 11 is 3.50. The first-order valence-electron chi connectivity index (χ1n) is 7.91. The van der Waals surface area contributed by atoms with Gasteiger partial charge in [-0.15, -0.1) is 0 Å². The summed E-state index contributed by atoms with van der Waals surface area (Å²) in [5.74, 6) is -0.190. The van der Waals surface area contributed by atoms with Crippen molar-refractivity contribution < 1.29 is 19.0 Å². The van der Waals surface area contributed by atoms with Gasteiger partial charge in [0.25, 0.3) is 0 Å². The fourth-order valence-corrected chi connectivity index (χ4v) is 3.31. The number of benzene rings is 2. The molecule has 0 N–H and O–H groups in total. The lowest BCUT2D eigenvalue weighted by Gasteiger charge is -2.14. The maximum atomic E-state index is 13.0. The van der Waals surface area contributed by atoms with Crippen LogP contribution in [0.25, 0.3) is 0 Å². The van der Waals surface area contributed by atoms with E-state index in [1.807, 2.05) is 25.1 Å². The van der Waals surface area contributed by atoms with Gasteiger partial charge in [-0.05, 0) is 41.3 Å². The van der Waals surface area contributed by atoms with Gasteiger partial charge in [0.15, 0.2) is 5.78 Å². The summed E-state index contributed by atoms with van der Waals surface area (Å²) in [5, 5.41) is 0. The summed E-state index contributed by atoms with van der Waals surface area (Å²) in [5.41, 5.74) is 2.53. The first-order valence-corrected chi connectivity index (χ1v) is 8.70. The molecule has 3 rings (SSSR count). The van der Waals surface area contributed by atoms with E-state index in [0.29, 0.717) is 18.6 Å². The van der Waals surface area contributed by atoms with Crippen LogP contribution in [0.1, 0.15) is 53.3 Å². The SMILES string of the molecule is C[C@@H](CC(=O)c1ccc(Br)c(C2CCOO2)c1)c1ccc(F)cc1. The minimum atomic E-state index is -0.270. The van der Waals surface area contributed by atoms with E-state index in [-0.39, 0.29) is 23.6 Å². The summed E-state index contributed by atoms with van der Waals surface area (Å²) in [7, 11) is 0. The minimum Gasteiger partial charge on any atom is -0.294 e. The molecule has 2 aromatic rings. The Kier molecular flexibility index (Phi) is 5.43. The second kappa shape index (κ2) is 7.55. The molecule has 3 nitrogen and oxygen atoms in total. The zero-order valence-electron chi connectivity index (χ0n) is 13.3. The average molecular weight is 393 g/mol. The van der Waals surface area contributed by atoms with Gasteiger partial charge in [0.05, 0.1) is 6.61 Å². The molecule has 2 atom stereocenters. The number of carbonyl (C=O) groups excluding carboxylic acids is 1. The molecule has 0 radical (unpaired) electrons. The molecule has 1 unspecified atom stereocenters. The van der Waals surface area contributed by atoms with Crippen molar-refractivity contribution in [1.82, 2.24) is 0 Å². The van der Waals surface area contributed by atoms with Crippen LogP contribution in [0.15, 0.2) is 46.9 Å². The third-order valence-corrected chi connectivity index (χ3v) is 4.97. The minimum absolute atomic E-state index is 0.0243. The van der Waals surface area contributed by atoms with Crippen LogP contribution in [-0.4, -0.2) is 12.4 Å². The number of rotatable bonds is 5. The van der Waals surface area contributed by atoms with E-state index in [1.54, 1.807) is 12.1 Å². The number of halogens is 2. The molecule has 5 heteroatoms. The Morgan fingerprint density at radius 1 is 1.29 bits per heavy atom. The van der Waals surface area contributed by atoms with Gasteiger partial charge in [0.1, 0.15) is 11.9 Å². The van der Waals surface area contributed by atoms with E-state index >= 15 is 0 Å². The molecule has 2 aromatic carbocycles. The van der Waals surface area contributed by atoms with Crippen LogP contribution in [0.3, 0.4) is 0 Å². The largest absolute Gasteiger partial charge is 0.294 e. The normalized spacial score (nSPS) is 18.5. The van der Waals surface area contributed by atoms with Crippen LogP contribution in [0.4, 0.5) is 4.39 Å². The number of ketones is 1. The van der Waals surface area contributed by atoms with Gasteiger partial charge >= 0.3 is 0 Å². The van der Waals surface area contributed by atoms with Gasteiger partial charge in [-0.3, -0.25) is 4.79 Å². The Morgan fingerprint density at radius 2 is 2.04 bits per heavy atom. The van der Waals surface area contributed by atoms with E-state index in [0.717, 1.165) is 22.0 Å². The Balaban J connectivity index is 1.74. The van der Waals surface area contributed by atoms with Gasteiger partial charge in [-0.2, -0.15) is 0 Å². The average Bonchev–Trinajstić information content (AvgIpc) is 3.10. The molecule has 0 bridgehead atoms. The molecule has 1 saturated heterocycles. The highest BCUT2D eigenvalue weighted by molar-refractivity contribution is 9.10. The molecule has 0 amide bonds. The van der Waals surface area contributed by atoms with Gasteiger partial charge < -0.3 is 0 Å². The molecular weight excluding hydrogens is 375 g/mol. The lowest BCUT2D eigenvalue weighted by atomic mass is 9.92. The maximum absolute atomic E-state index is 13.0. The molecule has 126 valence electrons. The molecule has 1 aliphatic rings. The lowest BCUT2D eigenvalue weighted by molar-refractivity contribution is -0.276. The topological polar surface area (TPSA) is 35.5 Å². The smallest absolute Gasteiger partial charge is 0.163 e. The Bertz CT molecular complexity index is 724. The zero-order valence-corrected chi connectivity index (χ0v) is 14.9. The van der Waals surface area contributed by atoms with Gasteiger partial charge in [0.2, 0.25) is 0 Å². The van der Waals surface area contributed by atoms with Crippen LogP contribution >= 0.6 is 15.9 Å². The summed E-state index contributed by atoms with van der Waals surface area (Å²) in [6.45, 7) is 2.52. The van der Waals surface area contributed by atoms with E-state index in [1.165, 1.54) is 12.1 Å². The van der Waals surface area contributed by atoms with Crippen molar-refractivity contribution in [2.24, 2.45) is 0 Å². The molecule has 0 spiro atoms. The predicted molar refractivity (Wildman–Crippen MR) is 92.3 cm³/mol. The quantitative estimate of drug-likeness (QED) is 0.507. The Labute approximate surface area is 148 Å². The van der Waals surface area contributed by atoms with Crippen molar-refractivity contribution in [1.29, 1.82) is 0 Å². The van der Waals surface area contributed by atoms with Crippen LogP contribution in [0.2, 0.25) is 0 Å². The van der Waals surface area contributed by atoms with Crippen LogP contribution in [0.5, 0.6) is 0 Å². The first-order chi connectivity index (χ1) is 11.5. The highest BCUT2D eigenvalue weighted by atomic mass is 79.9. The Hall–Kier alpha value is -1.56. The van der Waals surface area contributed by atoms with Gasteiger partial charge in [-0.25, -0.2) is 14.2 Å². The van der Waals surface area contributed by atoms with Crippen molar-refractivity contribution in [2.45, 2.75) is 31.8 Å². The van der Waals surface area contributed by atoms with E-state index in [2.05, 4.69) is 15.9 Å². The summed E-state index contributed by atoms with van der Waals surface area (Å²) < 4.78 is 13.9. The number of Topliss-reactive ketones (excluding diaryl/α,β-unsaturated/α-hetero) is 1. The van der Waals surface area contributed by atoms with Crippen molar-refractivity contribution >= 4 is 21.7 Å². The Morgan fingerprint density at radius 3 is 2.71 bits per heavy atom. The third kappa shape index (κ3) is 3.91. The van der Waals surface area contributed by atoms with E-state index in [9.17, 15) is 9.18 Å². The third-order valence-electron chi connectivity index (χ3n) is 4.24. The maximum Gasteiger partial charge on any atom is 0.163 e. The summed E-state index contributed by atoms with van der Waals surface area (Å²) in [6.07, 6.45) is 0.985. The molecule has 24 heavy (non-hydrogen) atoms. The molecule has 0 saturated carbocycles. The highest BCUT2D eigenvalue weighted by Crippen LogP contribution is 2.33. The monoisotopic (exact) mass is 392 g/mol. The van der Waals surface area contributed by atoms with E-state index < -0.39 is 0 Å². The standard InChI is InChI=1S/C19H18BrFO3/c1-12(13-2-5-15(21)6-3-13)10-18(22)14-4-7-17(20)16(11-14)19-8-9-23-24-19/h2-7,11-12,19H,8-10H2,1H3/t12-,19?/m0/s1. The molecule has 0 aliphatic carbocycles. The van der Waals surface area contributed by atoms with Crippen LogP contribution in [0, 0.1) is 5.82 Å². The fourth-order valence-electron chi connectivity index (χ4n) is 2.81. The van der Waals surface area contributed by atoms with Gasteiger partial charge in [-0.1, -0.05) is 41.1 Å².